The van der Waals surface area contributed by atoms with E-state index in [-0.39, 0.29) is 0 Å². The Hall–Kier alpha value is -2.32. The lowest BCUT2D eigenvalue weighted by Crippen LogP contribution is -2.28. The fourth-order valence-electron chi connectivity index (χ4n) is 3.63. The summed E-state index contributed by atoms with van der Waals surface area (Å²) in [7, 11) is 2.01. The van der Waals surface area contributed by atoms with Gasteiger partial charge in [0.15, 0.2) is 0 Å². The molecule has 1 aromatic heterocycles. The number of nitrogens with zero attached hydrogens (tertiary/aromatic N) is 4. The molecule has 0 amide bonds. The Balaban J connectivity index is 1.63. The Kier molecular flexibility index (Phi) is 4.86. The van der Waals surface area contributed by atoms with E-state index in [4.69, 9.17) is 10.00 Å². The number of likely N-dealkylation sites (tertiary alicyclic amines) is 1. The lowest BCUT2D eigenvalue weighted by molar-refractivity contribution is 0.197. The topological polar surface area (TPSA) is 54.1 Å². The number of hydrogen-bond donors (Lipinski definition) is 0. The highest BCUT2D eigenvalue weighted by Crippen LogP contribution is 2.35. The number of ether oxygens (including phenoxy) is 1. The molecule has 24 heavy (non-hydrogen) atoms. The number of nitriles is 1. The van der Waals surface area contributed by atoms with Gasteiger partial charge < -0.3 is 4.74 Å². The summed E-state index contributed by atoms with van der Waals surface area (Å²) in [6.07, 6.45) is 2.39. The molecule has 5 nitrogen and oxygen atoms in total. The van der Waals surface area contributed by atoms with Gasteiger partial charge in [0.05, 0.1) is 17.3 Å². The molecule has 0 N–H and O–H groups in total. The minimum absolute atomic E-state index is 0.438. The van der Waals surface area contributed by atoms with Crippen molar-refractivity contribution in [3.63, 3.8) is 0 Å². The Morgan fingerprint density at radius 2 is 2.21 bits per heavy atom. The van der Waals surface area contributed by atoms with Crippen molar-refractivity contribution in [1.82, 2.24) is 14.7 Å². The second kappa shape index (κ2) is 7.06. The first-order valence-corrected chi connectivity index (χ1v) is 8.47. The van der Waals surface area contributed by atoms with Crippen molar-refractivity contribution >= 4 is 0 Å². The first-order chi connectivity index (χ1) is 11.6. The summed E-state index contributed by atoms with van der Waals surface area (Å²) in [5, 5.41) is 13.5. The lowest BCUT2D eigenvalue weighted by atomic mass is 10.0. The predicted molar refractivity (Wildman–Crippen MR) is 92.9 cm³/mol. The van der Waals surface area contributed by atoms with Crippen LogP contribution in [0.2, 0.25) is 0 Å². The van der Waals surface area contributed by atoms with E-state index in [1.165, 1.54) is 24.1 Å². The Bertz CT molecular complexity index is 759. The summed E-state index contributed by atoms with van der Waals surface area (Å²) in [6, 6.07) is 9.91. The van der Waals surface area contributed by atoms with Gasteiger partial charge in [0, 0.05) is 30.9 Å². The van der Waals surface area contributed by atoms with Gasteiger partial charge in [-0.05, 0) is 51.4 Å². The summed E-state index contributed by atoms with van der Waals surface area (Å²) < 4.78 is 7.82. The maximum absolute atomic E-state index is 8.95. The standard InChI is InChI=1S/C19H24N4O/c1-14-19(15(2)22(3)21-14)18-8-5-9-23(18)10-11-24-17-7-4-6-16(12-17)13-20/h4,6-7,12,18H,5,8-11H2,1-3H3/t18-/m0/s1. The van der Waals surface area contributed by atoms with Gasteiger partial charge in [-0.3, -0.25) is 9.58 Å². The Labute approximate surface area is 143 Å². The number of hydrogen-bond acceptors (Lipinski definition) is 4. The van der Waals surface area contributed by atoms with Crippen LogP contribution in [0, 0.1) is 25.2 Å². The fourth-order valence-corrected chi connectivity index (χ4v) is 3.63. The molecule has 2 heterocycles. The van der Waals surface area contributed by atoms with E-state index in [1.54, 1.807) is 12.1 Å². The van der Waals surface area contributed by atoms with Gasteiger partial charge in [0.2, 0.25) is 0 Å². The quantitative estimate of drug-likeness (QED) is 0.848. The second-order valence-corrected chi connectivity index (χ2v) is 6.39. The molecule has 5 heteroatoms. The molecule has 0 radical (unpaired) electrons. The van der Waals surface area contributed by atoms with E-state index in [0.29, 0.717) is 18.2 Å². The third-order valence-electron chi connectivity index (χ3n) is 4.87. The highest BCUT2D eigenvalue weighted by Gasteiger charge is 2.30. The van der Waals surface area contributed by atoms with E-state index in [2.05, 4.69) is 29.9 Å². The van der Waals surface area contributed by atoms with Crippen molar-refractivity contribution in [3.8, 4) is 11.8 Å². The van der Waals surface area contributed by atoms with Crippen molar-refractivity contribution < 1.29 is 4.74 Å². The molecule has 1 aliphatic heterocycles. The van der Waals surface area contributed by atoms with Crippen molar-refractivity contribution in [3.05, 3.63) is 46.8 Å². The van der Waals surface area contributed by atoms with Crippen LogP contribution >= 0.6 is 0 Å². The minimum Gasteiger partial charge on any atom is -0.492 e. The summed E-state index contributed by atoms with van der Waals surface area (Å²) >= 11 is 0. The smallest absolute Gasteiger partial charge is 0.120 e. The van der Waals surface area contributed by atoms with E-state index in [1.807, 2.05) is 23.9 Å². The van der Waals surface area contributed by atoms with E-state index in [9.17, 15) is 0 Å². The van der Waals surface area contributed by atoms with E-state index in [0.717, 1.165) is 24.5 Å². The highest BCUT2D eigenvalue weighted by atomic mass is 16.5. The van der Waals surface area contributed by atoms with E-state index >= 15 is 0 Å². The Morgan fingerprint density at radius 1 is 1.38 bits per heavy atom. The number of rotatable bonds is 5. The zero-order valence-electron chi connectivity index (χ0n) is 14.6. The minimum atomic E-state index is 0.438. The van der Waals surface area contributed by atoms with Gasteiger partial charge >= 0.3 is 0 Å². The van der Waals surface area contributed by atoms with Crippen LogP contribution in [0.1, 0.15) is 41.4 Å². The Morgan fingerprint density at radius 3 is 2.92 bits per heavy atom. The summed E-state index contributed by atoms with van der Waals surface area (Å²) in [4.78, 5) is 2.49. The third kappa shape index (κ3) is 3.29. The number of aromatic nitrogens is 2. The summed E-state index contributed by atoms with van der Waals surface area (Å²) in [6.45, 7) is 6.86. The largest absolute Gasteiger partial charge is 0.492 e. The molecule has 1 aromatic carbocycles. The molecular formula is C19H24N4O. The van der Waals surface area contributed by atoms with Crippen molar-refractivity contribution in [2.24, 2.45) is 7.05 Å². The number of benzene rings is 1. The zero-order chi connectivity index (χ0) is 17.1. The van der Waals surface area contributed by atoms with E-state index < -0.39 is 0 Å². The van der Waals surface area contributed by atoms with Gasteiger partial charge in [-0.2, -0.15) is 10.4 Å². The van der Waals surface area contributed by atoms with Crippen LogP contribution < -0.4 is 4.74 Å². The van der Waals surface area contributed by atoms with Gasteiger partial charge in [0.1, 0.15) is 12.4 Å². The molecule has 1 fully saturated rings. The molecule has 126 valence electrons. The molecule has 1 aliphatic rings. The molecule has 0 unspecified atom stereocenters. The normalized spacial score (nSPS) is 17.8. The maximum atomic E-state index is 8.95. The molecule has 0 aliphatic carbocycles. The van der Waals surface area contributed by atoms with Crippen LogP contribution in [0.15, 0.2) is 24.3 Å². The van der Waals surface area contributed by atoms with Crippen LogP contribution in [0.25, 0.3) is 0 Å². The van der Waals surface area contributed by atoms with Crippen LogP contribution in [-0.4, -0.2) is 34.4 Å². The van der Waals surface area contributed by atoms with Crippen molar-refractivity contribution in [1.29, 1.82) is 5.26 Å². The summed E-state index contributed by atoms with van der Waals surface area (Å²) in [5.74, 6) is 0.763. The first-order valence-electron chi connectivity index (χ1n) is 8.47. The molecule has 0 bridgehead atoms. The molecular weight excluding hydrogens is 300 g/mol. The van der Waals surface area contributed by atoms with Gasteiger partial charge in [-0.1, -0.05) is 6.07 Å². The SMILES string of the molecule is Cc1nn(C)c(C)c1[C@@H]1CCCN1CCOc1cccc(C#N)c1. The first kappa shape index (κ1) is 16.5. The second-order valence-electron chi connectivity index (χ2n) is 6.39. The summed E-state index contributed by atoms with van der Waals surface area (Å²) in [5.41, 5.74) is 4.40. The third-order valence-corrected chi connectivity index (χ3v) is 4.87. The highest BCUT2D eigenvalue weighted by molar-refractivity contribution is 5.36. The number of aryl methyl sites for hydroxylation is 2. The van der Waals surface area contributed by atoms with Crippen LogP contribution in [0.3, 0.4) is 0 Å². The molecule has 0 saturated carbocycles. The van der Waals surface area contributed by atoms with Crippen LogP contribution in [-0.2, 0) is 7.05 Å². The maximum Gasteiger partial charge on any atom is 0.120 e. The predicted octanol–water partition coefficient (Wildman–Crippen LogP) is 3.12. The molecule has 1 saturated heterocycles. The lowest BCUT2D eigenvalue weighted by Gasteiger charge is -2.25. The van der Waals surface area contributed by atoms with Crippen LogP contribution in [0.4, 0.5) is 0 Å². The molecule has 2 aromatic rings. The van der Waals surface area contributed by atoms with Crippen LogP contribution in [0.5, 0.6) is 5.75 Å². The zero-order valence-corrected chi connectivity index (χ0v) is 14.6. The fraction of sp³-hybridized carbons (Fsp3) is 0.474. The monoisotopic (exact) mass is 324 g/mol. The van der Waals surface area contributed by atoms with Crippen molar-refractivity contribution in [2.45, 2.75) is 32.7 Å². The van der Waals surface area contributed by atoms with Gasteiger partial charge in [0.25, 0.3) is 0 Å². The van der Waals surface area contributed by atoms with Gasteiger partial charge in [-0.25, -0.2) is 0 Å². The van der Waals surface area contributed by atoms with Crippen molar-refractivity contribution in [2.75, 3.05) is 19.7 Å². The molecule has 0 spiro atoms. The molecule has 1 atom stereocenters. The van der Waals surface area contributed by atoms with Gasteiger partial charge in [-0.15, -0.1) is 0 Å². The average Bonchev–Trinajstić information content (AvgIpc) is 3.12. The average molecular weight is 324 g/mol. The molecule has 3 rings (SSSR count).